The van der Waals surface area contributed by atoms with Gasteiger partial charge in [-0.25, -0.2) is 0 Å². The normalized spacial score (nSPS) is 10.2. The fourth-order valence-electron chi connectivity index (χ4n) is 1.32. The van der Waals surface area contributed by atoms with Gasteiger partial charge in [-0.15, -0.1) is 0 Å². The van der Waals surface area contributed by atoms with E-state index >= 15 is 0 Å². The zero-order valence-electron chi connectivity index (χ0n) is 9.03. The molecule has 0 spiro atoms. The SMILES string of the molecule is CCCCOCc1ccccc1C(N)=S. The Morgan fingerprint density at radius 2 is 2.13 bits per heavy atom. The molecular weight excluding hydrogens is 206 g/mol. The minimum Gasteiger partial charge on any atom is -0.389 e. The first-order valence-corrected chi connectivity index (χ1v) is 5.62. The maximum atomic E-state index is 5.62. The summed E-state index contributed by atoms with van der Waals surface area (Å²) in [6, 6.07) is 7.84. The minimum atomic E-state index is 0.435. The lowest BCUT2D eigenvalue weighted by molar-refractivity contribution is 0.118. The second-order valence-electron chi connectivity index (χ2n) is 3.43. The highest BCUT2D eigenvalue weighted by atomic mass is 32.1. The standard InChI is InChI=1S/C12H17NOS/c1-2-3-8-14-9-10-6-4-5-7-11(10)12(13)15/h4-7H,2-3,8-9H2,1H3,(H2,13,15). The predicted molar refractivity (Wildman–Crippen MR) is 66.9 cm³/mol. The van der Waals surface area contributed by atoms with Crippen LogP contribution in [0.5, 0.6) is 0 Å². The molecule has 0 atom stereocenters. The van der Waals surface area contributed by atoms with E-state index in [0.717, 1.165) is 30.6 Å². The molecule has 0 bridgehead atoms. The van der Waals surface area contributed by atoms with Crippen molar-refractivity contribution in [3.8, 4) is 0 Å². The molecule has 0 aliphatic rings. The van der Waals surface area contributed by atoms with Crippen LogP contribution in [0.2, 0.25) is 0 Å². The molecule has 0 aromatic heterocycles. The minimum absolute atomic E-state index is 0.435. The molecule has 3 heteroatoms. The molecule has 0 radical (unpaired) electrons. The Balaban J connectivity index is 2.56. The van der Waals surface area contributed by atoms with Gasteiger partial charge in [-0.2, -0.15) is 0 Å². The van der Waals surface area contributed by atoms with Crippen molar-refractivity contribution < 1.29 is 4.74 Å². The van der Waals surface area contributed by atoms with Crippen molar-refractivity contribution >= 4 is 17.2 Å². The number of nitrogens with two attached hydrogens (primary N) is 1. The molecule has 0 fully saturated rings. The van der Waals surface area contributed by atoms with Gasteiger partial charge in [0.25, 0.3) is 0 Å². The van der Waals surface area contributed by atoms with E-state index in [1.54, 1.807) is 0 Å². The predicted octanol–water partition coefficient (Wildman–Crippen LogP) is 2.64. The van der Waals surface area contributed by atoms with Crippen LogP contribution in [-0.2, 0) is 11.3 Å². The first-order valence-electron chi connectivity index (χ1n) is 5.21. The Bertz CT molecular complexity index is 325. The summed E-state index contributed by atoms with van der Waals surface area (Å²) in [4.78, 5) is 0.435. The molecule has 0 unspecified atom stereocenters. The van der Waals surface area contributed by atoms with Gasteiger partial charge in [0.2, 0.25) is 0 Å². The fourth-order valence-corrected chi connectivity index (χ4v) is 1.51. The summed E-state index contributed by atoms with van der Waals surface area (Å²) in [5.41, 5.74) is 7.61. The zero-order valence-corrected chi connectivity index (χ0v) is 9.85. The van der Waals surface area contributed by atoms with Crippen molar-refractivity contribution in [3.05, 3.63) is 35.4 Å². The third kappa shape index (κ3) is 3.98. The Morgan fingerprint density at radius 3 is 2.80 bits per heavy atom. The van der Waals surface area contributed by atoms with E-state index in [-0.39, 0.29) is 0 Å². The Hall–Kier alpha value is -0.930. The van der Waals surface area contributed by atoms with Gasteiger partial charge in [-0.3, -0.25) is 0 Å². The molecule has 2 N–H and O–H groups in total. The highest BCUT2D eigenvalue weighted by Gasteiger charge is 2.03. The smallest absolute Gasteiger partial charge is 0.104 e. The molecule has 0 saturated heterocycles. The number of thiocarbonyl (C=S) groups is 1. The number of unbranched alkanes of at least 4 members (excludes halogenated alkanes) is 1. The first-order chi connectivity index (χ1) is 7.25. The molecule has 0 saturated carbocycles. The van der Waals surface area contributed by atoms with Crippen molar-refractivity contribution in [1.29, 1.82) is 0 Å². The van der Waals surface area contributed by atoms with Crippen LogP contribution in [0.25, 0.3) is 0 Å². The van der Waals surface area contributed by atoms with Crippen molar-refractivity contribution in [1.82, 2.24) is 0 Å². The molecule has 0 aliphatic carbocycles. The van der Waals surface area contributed by atoms with Crippen molar-refractivity contribution in [3.63, 3.8) is 0 Å². The molecule has 1 rings (SSSR count). The van der Waals surface area contributed by atoms with Crippen LogP contribution in [0, 0.1) is 0 Å². The molecule has 15 heavy (non-hydrogen) atoms. The van der Waals surface area contributed by atoms with E-state index in [1.165, 1.54) is 0 Å². The third-order valence-corrected chi connectivity index (χ3v) is 2.40. The number of rotatable bonds is 6. The van der Waals surface area contributed by atoms with Crippen LogP contribution in [0.4, 0.5) is 0 Å². The third-order valence-electron chi connectivity index (χ3n) is 2.18. The van der Waals surface area contributed by atoms with E-state index in [1.807, 2.05) is 24.3 Å². The van der Waals surface area contributed by atoms with E-state index in [9.17, 15) is 0 Å². The molecule has 1 aromatic rings. The summed E-state index contributed by atoms with van der Waals surface area (Å²) >= 11 is 4.97. The average molecular weight is 223 g/mol. The van der Waals surface area contributed by atoms with E-state index in [4.69, 9.17) is 22.7 Å². The van der Waals surface area contributed by atoms with Crippen molar-refractivity contribution in [2.24, 2.45) is 5.73 Å². The lowest BCUT2D eigenvalue weighted by Crippen LogP contribution is -2.12. The van der Waals surface area contributed by atoms with E-state index in [2.05, 4.69) is 6.92 Å². The quantitative estimate of drug-likeness (QED) is 0.595. The van der Waals surface area contributed by atoms with Gasteiger partial charge >= 0.3 is 0 Å². The molecule has 1 aromatic carbocycles. The maximum absolute atomic E-state index is 5.62. The molecule has 0 amide bonds. The maximum Gasteiger partial charge on any atom is 0.104 e. The van der Waals surface area contributed by atoms with E-state index in [0.29, 0.717) is 11.6 Å². The Kier molecular flexibility index (Phi) is 5.29. The van der Waals surface area contributed by atoms with Crippen LogP contribution < -0.4 is 5.73 Å². The fraction of sp³-hybridized carbons (Fsp3) is 0.417. The van der Waals surface area contributed by atoms with Crippen molar-refractivity contribution in [2.75, 3.05) is 6.61 Å². The molecule has 2 nitrogen and oxygen atoms in total. The lowest BCUT2D eigenvalue weighted by Gasteiger charge is -2.08. The van der Waals surface area contributed by atoms with E-state index < -0.39 is 0 Å². The largest absolute Gasteiger partial charge is 0.389 e. The Morgan fingerprint density at radius 1 is 1.40 bits per heavy atom. The summed E-state index contributed by atoms with van der Waals surface area (Å²) in [6.07, 6.45) is 2.24. The van der Waals surface area contributed by atoms with Gasteiger partial charge in [0.05, 0.1) is 6.61 Å². The van der Waals surface area contributed by atoms with Gasteiger partial charge in [-0.05, 0) is 12.0 Å². The average Bonchev–Trinajstić information content (AvgIpc) is 2.25. The number of ether oxygens (including phenoxy) is 1. The van der Waals surface area contributed by atoms with Crippen molar-refractivity contribution in [2.45, 2.75) is 26.4 Å². The highest BCUT2D eigenvalue weighted by molar-refractivity contribution is 7.80. The number of hydrogen-bond donors (Lipinski definition) is 1. The zero-order chi connectivity index (χ0) is 11.1. The molecule has 82 valence electrons. The van der Waals surface area contributed by atoms with Crippen LogP contribution in [0.1, 0.15) is 30.9 Å². The Labute approximate surface area is 96.4 Å². The second kappa shape index (κ2) is 6.53. The highest BCUT2D eigenvalue weighted by Crippen LogP contribution is 2.10. The summed E-state index contributed by atoms with van der Waals surface area (Å²) < 4.78 is 5.54. The van der Waals surface area contributed by atoms with Gasteiger partial charge in [0, 0.05) is 12.2 Å². The van der Waals surface area contributed by atoms with Crippen LogP contribution in [-0.4, -0.2) is 11.6 Å². The summed E-state index contributed by atoms with van der Waals surface area (Å²) in [5.74, 6) is 0. The molecule has 0 aliphatic heterocycles. The van der Waals surface area contributed by atoms with Gasteiger partial charge in [-0.1, -0.05) is 49.8 Å². The van der Waals surface area contributed by atoms with Gasteiger partial charge in [0.1, 0.15) is 4.99 Å². The number of hydrogen-bond acceptors (Lipinski definition) is 2. The first kappa shape index (κ1) is 12.1. The molecule has 0 heterocycles. The summed E-state index contributed by atoms with van der Waals surface area (Å²) in [7, 11) is 0. The van der Waals surface area contributed by atoms with Crippen LogP contribution >= 0.6 is 12.2 Å². The monoisotopic (exact) mass is 223 g/mol. The number of benzene rings is 1. The lowest BCUT2D eigenvalue weighted by atomic mass is 10.1. The molecular formula is C12H17NOS. The second-order valence-corrected chi connectivity index (χ2v) is 3.87. The van der Waals surface area contributed by atoms with Crippen LogP contribution in [0.3, 0.4) is 0 Å². The van der Waals surface area contributed by atoms with Gasteiger partial charge < -0.3 is 10.5 Å². The summed E-state index contributed by atoms with van der Waals surface area (Å²) in [6.45, 7) is 3.53. The topological polar surface area (TPSA) is 35.2 Å². The van der Waals surface area contributed by atoms with Gasteiger partial charge in [0.15, 0.2) is 0 Å². The summed E-state index contributed by atoms with van der Waals surface area (Å²) in [5, 5.41) is 0. The van der Waals surface area contributed by atoms with Crippen LogP contribution in [0.15, 0.2) is 24.3 Å².